The highest BCUT2D eigenvalue weighted by atomic mass is 19.4. The number of alkyl halides is 3. The van der Waals surface area contributed by atoms with E-state index in [4.69, 9.17) is 9.84 Å². The first-order valence-electron chi connectivity index (χ1n) is 11.3. The first-order valence-corrected chi connectivity index (χ1v) is 11.3. The Morgan fingerprint density at radius 2 is 1.64 bits per heavy atom. The predicted octanol–water partition coefficient (Wildman–Crippen LogP) is 6.64. The van der Waals surface area contributed by atoms with Crippen LogP contribution in [0.15, 0.2) is 42.5 Å². The molecule has 2 fully saturated rings. The molecule has 0 unspecified atom stereocenters. The van der Waals surface area contributed by atoms with E-state index >= 15 is 0 Å². The fraction of sp³-hybridized carbons (Fsp3) is 0.462. The highest BCUT2D eigenvalue weighted by molar-refractivity contribution is 5.88. The number of aryl methyl sites for hydroxylation is 1. The van der Waals surface area contributed by atoms with Gasteiger partial charge in [0.2, 0.25) is 0 Å². The van der Waals surface area contributed by atoms with Crippen molar-refractivity contribution in [3.8, 4) is 5.69 Å². The highest BCUT2D eigenvalue weighted by Gasteiger charge is 2.49. The summed E-state index contributed by atoms with van der Waals surface area (Å²) in [5.74, 6) is -1.40. The summed E-state index contributed by atoms with van der Waals surface area (Å²) < 4.78 is 61.5. The molecule has 2 aliphatic rings. The van der Waals surface area contributed by atoms with Crippen LogP contribution in [0.2, 0.25) is 0 Å². The fourth-order valence-corrected chi connectivity index (χ4v) is 5.25. The van der Waals surface area contributed by atoms with Gasteiger partial charge < -0.3 is 14.4 Å². The van der Waals surface area contributed by atoms with Crippen molar-refractivity contribution >= 4 is 10.9 Å². The van der Waals surface area contributed by atoms with Crippen molar-refractivity contribution in [2.75, 3.05) is 20.3 Å². The number of aliphatic hydroxyl groups is 1. The van der Waals surface area contributed by atoms with Gasteiger partial charge in [0.25, 0.3) is 0 Å². The maximum Gasteiger partial charge on any atom is 0.391 e. The molecule has 5 rings (SSSR count). The third-order valence-corrected chi connectivity index (χ3v) is 6.97. The minimum atomic E-state index is -4.14. The number of hydrogen-bond donors (Lipinski definition) is 1. The molecule has 178 valence electrons. The number of hydrogen-bond acceptors (Lipinski definition) is 2. The molecule has 1 aromatic heterocycles. The molecule has 3 nitrogen and oxygen atoms in total. The van der Waals surface area contributed by atoms with Crippen molar-refractivity contribution in [2.45, 2.75) is 50.6 Å². The van der Waals surface area contributed by atoms with Gasteiger partial charge in [-0.05, 0) is 73.9 Å². The Balaban J connectivity index is 0.00000126. The van der Waals surface area contributed by atoms with Gasteiger partial charge in [-0.25, -0.2) is 4.39 Å². The summed E-state index contributed by atoms with van der Waals surface area (Å²) in [5, 5.41) is 8.01. The van der Waals surface area contributed by atoms with Gasteiger partial charge in [0.1, 0.15) is 5.82 Å². The number of aromatic nitrogens is 1. The maximum atomic E-state index is 14.0. The van der Waals surface area contributed by atoms with Crippen molar-refractivity contribution in [3.63, 3.8) is 0 Å². The molecule has 1 aliphatic carbocycles. The molecule has 0 amide bonds. The number of fused-ring (bicyclic) bond motifs is 1. The van der Waals surface area contributed by atoms with Gasteiger partial charge in [0.15, 0.2) is 0 Å². The Kier molecular flexibility index (Phi) is 6.82. The Labute approximate surface area is 191 Å². The molecule has 0 atom stereocenters. The zero-order chi connectivity index (χ0) is 23.8. The van der Waals surface area contributed by atoms with Gasteiger partial charge in [0.05, 0.1) is 11.4 Å². The molecule has 2 heterocycles. The van der Waals surface area contributed by atoms with Gasteiger partial charge >= 0.3 is 6.18 Å². The predicted molar refractivity (Wildman–Crippen MR) is 120 cm³/mol. The van der Waals surface area contributed by atoms with E-state index in [1.165, 1.54) is 6.07 Å². The molecular weight excluding hydrogens is 434 g/mol. The van der Waals surface area contributed by atoms with E-state index in [2.05, 4.69) is 4.57 Å². The number of benzene rings is 2. The van der Waals surface area contributed by atoms with Gasteiger partial charge in [-0.1, -0.05) is 18.2 Å². The molecule has 33 heavy (non-hydrogen) atoms. The number of halogens is 4. The fourth-order valence-electron chi connectivity index (χ4n) is 5.25. The Bertz CT molecular complexity index is 1110. The van der Waals surface area contributed by atoms with Crippen molar-refractivity contribution in [1.29, 1.82) is 0 Å². The third-order valence-electron chi connectivity index (χ3n) is 6.97. The van der Waals surface area contributed by atoms with Crippen LogP contribution < -0.4 is 0 Å². The summed E-state index contributed by atoms with van der Waals surface area (Å²) >= 11 is 0. The number of para-hydroxylation sites is 1. The lowest BCUT2D eigenvalue weighted by molar-refractivity contribution is -0.197. The summed E-state index contributed by atoms with van der Waals surface area (Å²) in [5.41, 5.74) is 4.51. The van der Waals surface area contributed by atoms with Crippen LogP contribution in [0.1, 0.15) is 54.3 Å². The number of nitrogens with zero attached hydrogens (tertiary/aromatic N) is 1. The largest absolute Gasteiger partial charge is 0.400 e. The summed E-state index contributed by atoms with van der Waals surface area (Å²) in [6.45, 7) is 3.02. The first-order chi connectivity index (χ1) is 15.8. The lowest BCUT2D eigenvalue weighted by Crippen LogP contribution is -2.35. The van der Waals surface area contributed by atoms with Gasteiger partial charge in [-0.15, -0.1) is 0 Å². The molecule has 1 aliphatic heterocycles. The smallest absolute Gasteiger partial charge is 0.391 e. The maximum absolute atomic E-state index is 14.0. The standard InChI is InChI=1S/C25H25F4NO.CH4O/c1-15-12-19(6-7-21(15)26)30-22-5-3-2-4-20(22)23(17-13-18(14-17)25(27,28)29)24(30)16-8-10-31-11-9-16;1-2/h2-7,12,16-18H,8-11,13-14H2,1H3;2H,1H3. The quantitative estimate of drug-likeness (QED) is 0.442. The summed E-state index contributed by atoms with van der Waals surface area (Å²) in [6.07, 6.45) is -2.20. The van der Waals surface area contributed by atoms with Crippen LogP contribution in [0.25, 0.3) is 16.6 Å². The average molecular weight is 464 g/mol. The van der Waals surface area contributed by atoms with E-state index in [9.17, 15) is 17.6 Å². The first kappa shape index (κ1) is 23.8. The van der Waals surface area contributed by atoms with E-state index in [1.54, 1.807) is 13.0 Å². The van der Waals surface area contributed by atoms with Gasteiger partial charge in [0, 0.05) is 43.0 Å². The minimum absolute atomic E-state index is 0.114. The average Bonchev–Trinajstić information content (AvgIpc) is 3.11. The Morgan fingerprint density at radius 3 is 2.27 bits per heavy atom. The topological polar surface area (TPSA) is 34.4 Å². The van der Waals surface area contributed by atoms with Crippen molar-refractivity contribution in [2.24, 2.45) is 5.92 Å². The highest BCUT2D eigenvalue weighted by Crippen LogP contribution is 2.54. The molecule has 3 aromatic rings. The molecule has 0 spiro atoms. The van der Waals surface area contributed by atoms with Crippen LogP contribution in [0.3, 0.4) is 0 Å². The van der Waals surface area contributed by atoms with Crippen LogP contribution in [0, 0.1) is 18.7 Å². The van der Waals surface area contributed by atoms with Gasteiger partial charge in [-0.2, -0.15) is 13.2 Å². The SMILES string of the molecule is CO.Cc1cc(-n2c(C3CCOCC3)c(C3CC(C(F)(F)F)C3)c3ccccc32)ccc1F. The minimum Gasteiger partial charge on any atom is -0.400 e. The molecule has 1 N–H and O–H groups in total. The van der Waals surface area contributed by atoms with E-state index < -0.39 is 12.1 Å². The monoisotopic (exact) mass is 463 g/mol. The second-order valence-corrected chi connectivity index (χ2v) is 8.88. The van der Waals surface area contributed by atoms with Crippen LogP contribution in [-0.2, 0) is 4.74 Å². The molecule has 0 radical (unpaired) electrons. The Morgan fingerprint density at radius 1 is 0.970 bits per heavy atom. The molecular formula is C26H29F4NO2. The van der Waals surface area contributed by atoms with Crippen molar-refractivity contribution in [1.82, 2.24) is 4.57 Å². The summed E-state index contributed by atoms with van der Waals surface area (Å²) in [4.78, 5) is 0. The van der Waals surface area contributed by atoms with Crippen LogP contribution >= 0.6 is 0 Å². The zero-order valence-electron chi connectivity index (χ0n) is 18.8. The molecule has 1 saturated heterocycles. The lowest BCUT2D eigenvalue weighted by atomic mass is 9.69. The second kappa shape index (κ2) is 9.47. The van der Waals surface area contributed by atoms with E-state index in [0.717, 1.165) is 47.8 Å². The van der Waals surface area contributed by atoms with Crippen LogP contribution in [0.4, 0.5) is 17.6 Å². The Hall–Kier alpha value is -2.38. The third kappa shape index (κ3) is 4.41. The molecule has 2 aromatic carbocycles. The van der Waals surface area contributed by atoms with Gasteiger partial charge in [-0.3, -0.25) is 0 Å². The summed E-state index contributed by atoms with van der Waals surface area (Å²) in [7, 11) is 1.00. The van der Waals surface area contributed by atoms with E-state index in [0.29, 0.717) is 18.8 Å². The summed E-state index contributed by atoms with van der Waals surface area (Å²) in [6, 6.07) is 13.0. The number of aliphatic hydroxyl groups excluding tert-OH is 1. The molecule has 7 heteroatoms. The zero-order valence-corrected chi connectivity index (χ0v) is 18.8. The molecule has 0 bridgehead atoms. The van der Waals surface area contributed by atoms with Crippen molar-refractivity contribution < 1.29 is 27.4 Å². The normalized spacial score (nSPS) is 21.4. The van der Waals surface area contributed by atoms with Crippen LogP contribution in [0.5, 0.6) is 0 Å². The van der Waals surface area contributed by atoms with Crippen LogP contribution in [-0.4, -0.2) is 36.2 Å². The van der Waals surface area contributed by atoms with Crippen molar-refractivity contribution in [3.05, 3.63) is 65.1 Å². The number of ether oxygens (including phenoxy) is 1. The molecule has 1 saturated carbocycles. The lowest BCUT2D eigenvalue weighted by Gasteiger charge is -2.38. The van der Waals surface area contributed by atoms with E-state index in [-0.39, 0.29) is 30.5 Å². The van der Waals surface area contributed by atoms with E-state index in [1.807, 2.05) is 30.3 Å². The number of rotatable bonds is 3. The second-order valence-electron chi connectivity index (χ2n) is 8.88.